The van der Waals surface area contributed by atoms with Crippen molar-refractivity contribution in [3.8, 4) is 0 Å². The van der Waals surface area contributed by atoms with Gasteiger partial charge in [0.15, 0.2) is 6.10 Å². The van der Waals surface area contributed by atoms with Gasteiger partial charge in [0, 0.05) is 19.3 Å². The van der Waals surface area contributed by atoms with Gasteiger partial charge in [-0.3, -0.25) is 14.4 Å². The molecule has 0 N–H and O–H groups in total. The number of allylic oxidation sites excluding steroid dienone is 30. The second kappa shape index (κ2) is 50.2. The molecule has 0 aromatic carbocycles. The van der Waals surface area contributed by atoms with Gasteiger partial charge in [0.2, 0.25) is 0 Å². The van der Waals surface area contributed by atoms with Crippen LogP contribution in [-0.4, -0.2) is 37.2 Å². The smallest absolute Gasteiger partial charge is 0.306 e. The van der Waals surface area contributed by atoms with Crippen molar-refractivity contribution in [3.05, 3.63) is 182 Å². The summed E-state index contributed by atoms with van der Waals surface area (Å²) < 4.78 is 16.6. The highest BCUT2D eigenvalue weighted by atomic mass is 16.6. The summed E-state index contributed by atoms with van der Waals surface area (Å²) in [5.41, 5.74) is 0. The molecule has 1 unspecified atom stereocenters. The molecule has 0 aliphatic heterocycles. The van der Waals surface area contributed by atoms with E-state index in [9.17, 15) is 14.4 Å². The molecule has 0 aliphatic carbocycles. The summed E-state index contributed by atoms with van der Waals surface area (Å²) in [7, 11) is 0. The number of esters is 3. The van der Waals surface area contributed by atoms with E-state index in [1.165, 1.54) is 0 Å². The lowest BCUT2D eigenvalue weighted by Crippen LogP contribution is -2.30. The van der Waals surface area contributed by atoms with E-state index in [1.54, 1.807) is 0 Å². The molecule has 0 rings (SSSR count). The highest BCUT2D eigenvalue weighted by molar-refractivity contribution is 5.71. The zero-order chi connectivity index (χ0) is 46.5. The highest BCUT2D eigenvalue weighted by Gasteiger charge is 2.19. The normalized spacial score (nSPS) is 13.7. The van der Waals surface area contributed by atoms with E-state index in [-0.39, 0.29) is 50.4 Å². The third-order valence-electron chi connectivity index (χ3n) is 8.96. The summed E-state index contributed by atoms with van der Waals surface area (Å²) >= 11 is 0. The van der Waals surface area contributed by atoms with Crippen LogP contribution in [-0.2, 0) is 28.6 Å². The molecule has 0 aromatic heterocycles. The van der Waals surface area contributed by atoms with E-state index in [0.29, 0.717) is 19.3 Å². The van der Waals surface area contributed by atoms with Crippen molar-refractivity contribution in [2.75, 3.05) is 13.2 Å². The first-order valence-corrected chi connectivity index (χ1v) is 24.0. The van der Waals surface area contributed by atoms with E-state index in [0.717, 1.165) is 83.5 Å². The maximum absolute atomic E-state index is 12.8. The number of hydrogen-bond donors (Lipinski definition) is 0. The fourth-order valence-corrected chi connectivity index (χ4v) is 5.47. The van der Waals surface area contributed by atoms with Crippen LogP contribution in [0.25, 0.3) is 0 Å². The molecule has 0 saturated carbocycles. The Morgan fingerprint density at radius 2 is 0.656 bits per heavy atom. The van der Waals surface area contributed by atoms with Crippen LogP contribution in [0, 0.1) is 0 Å². The van der Waals surface area contributed by atoms with Crippen LogP contribution >= 0.6 is 0 Å². The van der Waals surface area contributed by atoms with Gasteiger partial charge in [-0.1, -0.05) is 222 Å². The molecule has 350 valence electrons. The van der Waals surface area contributed by atoms with E-state index in [2.05, 4.69) is 75.5 Å². The monoisotopic (exact) mass is 875 g/mol. The highest BCUT2D eigenvalue weighted by Crippen LogP contribution is 2.11. The summed E-state index contributed by atoms with van der Waals surface area (Å²) in [6, 6.07) is 0. The number of ether oxygens (including phenoxy) is 3. The van der Waals surface area contributed by atoms with Crippen LogP contribution in [0.3, 0.4) is 0 Å². The molecule has 1 atom stereocenters. The predicted molar refractivity (Wildman–Crippen MR) is 274 cm³/mol. The zero-order valence-corrected chi connectivity index (χ0v) is 39.7. The van der Waals surface area contributed by atoms with Gasteiger partial charge >= 0.3 is 17.9 Å². The first-order chi connectivity index (χ1) is 31.5. The SMILES string of the molecule is CC/C=C/C=C/C=C/C=C/C=C/C=C/C=C/CCCCCC(=O)OCC(COC(=O)CCC/C=C/C=C/C=C/C=C/C=C/CC)OC(=O)CCCCCC/C=C/C/C=C/C/C=C/CC. The molecule has 64 heavy (non-hydrogen) atoms. The number of unbranched alkanes of at least 4 members (excludes halogenated alkanes) is 8. The van der Waals surface area contributed by atoms with Crippen LogP contribution in [0.1, 0.15) is 143 Å². The molecule has 0 spiro atoms. The standard InChI is InChI=1S/C58H82O6/c1-4-7-10-13-16-19-22-25-27-28-29-30-31-34-36-39-42-45-48-51-57(60)63-54-55(53-62-56(59)50-47-44-41-38-35-32-24-21-18-15-12-9-6-3)64-58(61)52-49-46-43-40-37-33-26-23-20-17-14-11-8-5-2/h7-13,15-22,24-36,38,41,55H,4-6,14,23,37,39-40,42-54H2,1-3H3/b10-7+,11-8+,12-9+,16-13+,18-15+,20-17+,22-19+,24-21+,27-25+,29-28+,31-30+,33-26+,35-32+,36-34+,41-38+. The summed E-state index contributed by atoms with van der Waals surface area (Å²) in [6.07, 6.45) is 75.9. The van der Waals surface area contributed by atoms with Crippen molar-refractivity contribution in [2.24, 2.45) is 0 Å². The largest absolute Gasteiger partial charge is 0.462 e. The lowest BCUT2D eigenvalue weighted by atomic mass is 10.1. The molecule has 6 heteroatoms. The molecule has 0 saturated heterocycles. The quantitative estimate of drug-likeness (QED) is 0.0201. The zero-order valence-electron chi connectivity index (χ0n) is 39.7. The number of carbonyl (C=O) groups excluding carboxylic acids is 3. The van der Waals surface area contributed by atoms with Crippen molar-refractivity contribution in [1.29, 1.82) is 0 Å². The molecule has 0 heterocycles. The van der Waals surface area contributed by atoms with Crippen molar-refractivity contribution in [3.63, 3.8) is 0 Å². The lowest BCUT2D eigenvalue weighted by Gasteiger charge is -2.18. The number of rotatable bonds is 39. The average Bonchev–Trinajstić information content (AvgIpc) is 3.29. The molecule has 0 amide bonds. The second-order valence-corrected chi connectivity index (χ2v) is 14.8. The van der Waals surface area contributed by atoms with Gasteiger partial charge in [0.25, 0.3) is 0 Å². The third kappa shape index (κ3) is 47.6. The van der Waals surface area contributed by atoms with E-state index < -0.39 is 6.10 Å². The van der Waals surface area contributed by atoms with E-state index >= 15 is 0 Å². The Bertz CT molecular complexity index is 1610. The lowest BCUT2D eigenvalue weighted by molar-refractivity contribution is -0.167. The molecular weight excluding hydrogens is 793 g/mol. The Hall–Kier alpha value is -5.49. The van der Waals surface area contributed by atoms with Gasteiger partial charge in [-0.25, -0.2) is 0 Å². The fraction of sp³-hybridized carbons (Fsp3) is 0.431. The topological polar surface area (TPSA) is 78.9 Å². The van der Waals surface area contributed by atoms with E-state index in [1.807, 2.05) is 128 Å². The number of hydrogen-bond acceptors (Lipinski definition) is 6. The Morgan fingerprint density at radius 1 is 0.328 bits per heavy atom. The van der Waals surface area contributed by atoms with Crippen LogP contribution < -0.4 is 0 Å². The van der Waals surface area contributed by atoms with Crippen LogP contribution in [0.15, 0.2) is 182 Å². The molecule has 0 bridgehead atoms. The molecule has 0 aromatic rings. The first-order valence-electron chi connectivity index (χ1n) is 24.0. The summed E-state index contributed by atoms with van der Waals surface area (Å²) in [5.74, 6) is -1.11. The van der Waals surface area contributed by atoms with Crippen molar-refractivity contribution in [1.82, 2.24) is 0 Å². The predicted octanol–water partition coefficient (Wildman–Crippen LogP) is 15.8. The first kappa shape index (κ1) is 58.5. The summed E-state index contributed by atoms with van der Waals surface area (Å²) in [4.78, 5) is 37.9. The van der Waals surface area contributed by atoms with Crippen LogP contribution in [0.5, 0.6) is 0 Å². The van der Waals surface area contributed by atoms with Gasteiger partial charge in [0.1, 0.15) is 13.2 Å². The summed E-state index contributed by atoms with van der Waals surface area (Å²) in [6.45, 7) is 6.06. The molecule has 0 aliphatic rings. The Morgan fingerprint density at radius 3 is 1.12 bits per heavy atom. The van der Waals surface area contributed by atoms with Crippen LogP contribution in [0.4, 0.5) is 0 Å². The van der Waals surface area contributed by atoms with Gasteiger partial charge in [0.05, 0.1) is 0 Å². The Balaban J connectivity index is 4.67. The van der Waals surface area contributed by atoms with Crippen LogP contribution in [0.2, 0.25) is 0 Å². The molecule has 0 fully saturated rings. The molecule has 0 radical (unpaired) electrons. The fourth-order valence-electron chi connectivity index (χ4n) is 5.47. The molecule has 6 nitrogen and oxygen atoms in total. The average molecular weight is 875 g/mol. The minimum atomic E-state index is -0.848. The Kier molecular flexibility index (Phi) is 45.9. The second-order valence-electron chi connectivity index (χ2n) is 14.8. The van der Waals surface area contributed by atoms with E-state index in [4.69, 9.17) is 14.2 Å². The maximum Gasteiger partial charge on any atom is 0.306 e. The van der Waals surface area contributed by atoms with Gasteiger partial charge < -0.3 is 14.2 Å². The molecular formula is C58H82O6. The van der Waals surface area contributed by atoms with Gasteiger partial charge in [-0.15, -0.1) is 0 Å². The Labute approximate surface area is 389 Å². The van der Waals surface area contributed by atoms with Crippen molar-refractivity contribution in [2.45, 2.75) is 149 Å². The minimum absolute atomic E-state index is 0.145. The minimum Gasteiger partial charge on any atom is -0.462 e. The number of carbonyl (C=O) groups is 3. The van der Waals surface area contributed by atoms with Crippen molar-refractivity contribution >= 4 is 17.9 Å². The third-order valence-corrected chi connectivity index (χ3v) is 8.96. The van der Waals surface area contributed by atoms with Gasteiger partial charge in [-0.05, 0) is 83.5 Å². The summed E-state index contributed by atoms with van der Waals surface area (Å²) in [5, 5.41) is 0. The van der Waals surface area contributed by atoms with Crippen molar-refractivity contribution < 1.29 is 28.6 Å². The maximum atomic E-state index is 12.8. The van der Waals surface area contributed by atoms with Gasteiger partial charge in [-0.2, -0.15) is 0 Å².